The minimum absolute atomic E-state index is 0.0155. The molecule has 2 unspecified atom stereocenters. The highest BCUT2D eigenvalue weighted by atomic mass is 16.5. The molecular formula is C73H141NO5. The van der Waals surface area contributed by atoms with Gasteiger partial charge in [-0.3, -0.25) is 9.59 Å². The molecule has 0 fully saturated rings. The van der Waals surface area contributed by atoms with E-state index in [-0.39, 0.29) is 18.5 Å². The van der Waals surface area contributed by atoms with Crippen LogP contribution in [0.5, 0.6) is 0 Å². The Morgan fingerprint density at radius 2 is 0.595 bits per heavy atom. The van der Waals surface area contributed by atoms with E-state index in [1.54, 1.807) is 0 Å². The van der Waals surface area contributed by atoms with Crippen molar-refractivity contribution < 1.29 is 24.5 Å². The average Bonchev–Trinajstić information content (AvgIpc) is 3.45. The minimum atomic E-state index is -0.661. The topological polar surface area (TPSA) is 95.9 Å². The van der Waals surface area contributed by atoms with Gasteiger partial charge in [-0.1, -0.05) is 340 Å². The smallest absolute Gasteiger partial charge is 0.305 e. The maximum absolute atomic E-state index is 12.5. The van der Waals surface area contributed by atoms with Crippen LogP contribution in [0.15, 0.2) is 24.3 Å². The highest BCUT2D eigenvalue weighted by Gasteiger charge is 2.20. The van der Waals surface area contributed by atoms with Crippen molar-refractivity contribution in [2.75, 3.05) is 13.2 Å². The fourth-order valence-corrected chi connectivity index (χ4v) is 11.5. The molecule has 79 heavy (non-hydrogen) atoms. The van der Waals surface area contributed by atoms with Gasteiger partial charge in [0.1, 0.15) is 0 Å². The Bertz CT molecular complexity index is 1230. The zero-order chi connectivity index (χ0) is 57.1. The first-order chi connectivity index (χ1) is 39.0. The van der Waals surface area contributed by atoms with Crippen LogP contribution in [0.3, 0.4) is 0 Å². The monoisotopic (exact) mass is 1110 g/mol. The minimum Gasteiger partial charge on any atom is -0.466 e. The second-order valence-corrected chi connectivity index (χ2v) is 24.9. The number of nitrogens with one attached hydrogen (secondary N) is 1. The molecule has 6 heteroatoms. The molecule has 6 nitrogen and oxygen atoms in total. The van der Waals surface area contributed by atoms with Gasteiger partial charge in [-0.15, -0.1) is 0 Å². The Labute approximate surface area is 494 Å². The first-order valence-electron chi connectivity index (χ1n) is 36.1. The Hall–Kier alpha value is -1.66. The Morgan fingerprint density at radius 1 is 0.342 bits per heavy atom. The third-order valence-corrected chi connectivity index (χ3v) is 17.0. The third-order valence-electron chi connectivity index (χ3n) is 17.0. The normalized spacial score (nSPS) is 12.6. The van der Waals surface area contributed by atoms with Crippen LogP contribution in [-0.2, 0) is 14.3 Å². The van der Waals surface area contributed by atoms with Crippen LogP contribution in [0.1, 0.15) is 406 Å². The van der Waals surface area contributed by atoms with E-state index in [0.29, 0.717) is 25.9 Å². The molecule has 3 N–H and O–H groups in total. The molecule has 0 spiro atoms. The number of aliphatic hydroxyl groups excluding tert-OH is 2. The zero-order valence-electron chi connectivity index (χ0n) is 53.6. The Morgan fingerprint density at radius 3 is 0.899 bits per heavy atom. The summed E-state index contributed by atoms with van der Waals surface area (Å²) in [4.78, 5) is 24.6. The van der Waals surface area contributed by atoms with Crippen LogP contribution in [0.25, 0.3) is 0 Å². The molecule has 0 bridgehead atoms. The average molecular weight is 1110 g/mol. The summed E-state index contributed by atoms with van der Waals surface area (Å²) in [6.45, 7) is 4.98. The Balaban J connectivity index is 3.33. The fraction of sp³-hybridized carbons (Fsp3) is 0.918. The molecule has 468 valence electrons. The third kappa shape index (κ3) is 65.4. The van der Waals surface area contributed by atoms with Gasteiger partial charge in [0.25, 0.3) is 0 Å². The molecule has 0 aliphatic carbocycles. The maximum Gasteiger partial charge on any atom is 0.305 e. The van der Waals surface area contributed by atoms with Crippen molar-refractivity contribution in [3.8, 4) is 0 Å². The van der Waals surface area contributed by atoms with Gasteiger partial charge in [-0.05, 0) is 77.0 Å². The van der Waals surface area contributed by atoms with Gasteiger partial charge in [-0.25, -0.2) is 0 Å². The molecule has 0 aromatic heterocycles. The van der Waals surface area contributed by atoms with E-state index in [2.05, 4.69) is 43.5 Å². The summed E-state index contributed by atoms with van der Waals surface area (Å²) in [7, 11) is 0. The van der Waals surface area contributed by atoms with Crippen LogP contribution in [0.4, 0.5) is 0 Å². The number of aliphatic hydroxyl groups is 2. The second-order valence-electron chi connectivity index (χ2n) is 24.9. The van der Waals surface area contributed by atoms with Gasteiger partial charge in [0, 0.05) is 12.8 Å². The molecule has 0 aromatic rings. The van der Waals surface area contributed by atoms with E-state index >= 15 is 0 Å². The van der Waals surface area contributed by atoms with E-state index in [9.17, 15) is 19.8 Å². The van der Waals surface area contributed by atoms with Crippen molar-refractivity contribution in [3.05, 3.63) is 24.3 Å². The molecule has 2 atom stereocenters. The number of carbonyl (C=O) groups excluding carboxylic acids is 2. The van der Waals surface area contributed by atoms with E-state index in [1.165, 1.54) is 327 Å². The van der Waals surface area contributed by atoms with E-state index < -0.39 is 12.1 Å². The fourth-order valence-electron chi connectivity index (χ4n) is 11.5. The lowest BCUT2D eigenvalue weighted by molar-refractivity contribution is -0.143. The molecule has 0 heterocycles. The molecule has 0 aliphatic rings. The predicted octanol–water partition coefficient (Wildman–Crippen LogP) is 23.3. The quantitative estimate of drug-likeness (QED) is 0.0320. The standard InChI is InChI=1S/C73H141NO5/c1-3-5-7-9-11-13-15-17-18-35-39-43-47-51-55-59-63-67-73(78)79-68-64-60-56-52-48-44-40-37-34-32-30-28-26-24-22-20-19-21-23-25-27-29-31-33-36-38-42-46-50-54-58-62-66-72(77)74-70(69-75)71(76)65-61-57-53-49-45-41-16-14-12-10-8-6-4-2/h17-18,22,24,70-71,75-76H,3-16,19-21,23,25-69H2,1-2H3,(H,74,77)/b18-17-,24-22-. The van der Waals surface area contributed by atoms with Crippen LogP contribution >= 0.6 is 0 Å². The summed E-state index contributed by atoms with van der Waals surface area (Å²) in [5, 5.41) is 23.3. The zero-order valence-corrected chi connectivity index (χ0v) is 53.6. The largest absolute Gasteiger partial charge is 0.466 e. The van der Waals surface area contributed by atoms with Gasteiger partial charge < -0.3 is 20.3 Å². The molecule has 0 aromatic carbocycles. The van der Waals surface area contributed by atoms with E-state index in [4.69, 9.17) is 4.74 Å². The number of carbonyl (C=O) groups is 2. The summed E-state index contributed by atoms with van der Waals surface area (Å²) in [5.74, 6) is -0.0147. The van der Waals surface area contributed by atoms with Crippen LogP contribution in [0.2, 0.25) is 0 Å². The van der Waals surface area contributed by atoms with Crippen molar-refractivity contribution in [3.63, 3.8) is 0 Å². The molecule has 1 amide bonds. The highest BCUT2D eigenvalue weighted by Crippen LogP contribution is 2.19. The number of hydrogen-bond donors (Lipinski definition) is 3. The number of amides is 1. The van der Waals surface area contributed by atoms with Gasteiger partial charge in [-0.2, -0.15) is 0 Å². The van der Waals surface area contributed by atoms with Gasteiger partial charge >= 0.3 is 5.97 Å². The number of esters is 1. The summed E-state index contributed by atoms with van der Waals surface area (Å²) >= 11 is 0. The van der Waals surface area contributed by atoms with E-state index in [0.717, 1.165) is 44.9 Å². The molecule has 0 rings (SSSR count). The first kappa shape index (κ1) is 77.3. The Kier molecular flexibility index (Phi) is 67.4. The number of hydrogen-bond acceptors (Lipinski definition) is 5. The van der Waals surface area contributed by atoms with Crippen molar-refractivity contribution in [2.45, 2.75) is 418 Å². The molecule has 0 saturated heterocycles. The summed E-state index contributed by atoms with van der Waals surface area (Å²) in [6, 6.07) is -0.538. The number of unbranched alkanes of at least 4 members (excludes halogenated alkanes) is 53. The lowest BCUT2D eigenvalue weighted by atomic mass is 10.0. The predicted molar refractivity (Wildman–Crippen MR) is 347 cm³/mol. The SMILES string of the molecule is CCCCCCCC/C=C\CCCCCCCCCC(=O)OCCCCCCCCCCCCCC/C=C\CCCCCCCCCCCCCCCCCCC(=O)NC(CO)C(O)CCCCCCCCCCCCCCC. The van der Waals surface area contributed by atoms with Gasteiger partial charge in [0.05, 0.1) is 25.4 Å². The number of rotatable bonds is 68. The van der Waals surface area contributed by atoms with Crippen molar-refractivity contribution in [1.29, 1.82) is 0 Å². The summed E-state index contributed by atoms with van der Waals surface area (Å²) in [6.07, 6.45) is 86.7. The molecule has 0 radical (unpaired) electrons. The molecule has 0 aliphatic heterocycles. The number of allylic oxidation sites excluding steroid dienone is 4. The lowest BCUT2D eigenvalue weighted by Crippen LogP contribution is -2.45. The summed E-state index contributed by atoms with van der Waals surface area (Å²) in [5.41, 5.74) is 0. The lowest BCUT2D eigenvalue weighted by Gasteiger charge is -2.22. The second kappa shape index (κ2) is 68.8. The first-order valence-corrected chi connectivity index (χ1v) is 36.1. The van der Waals surface area contributed by atoms with Crippen molar-refractivity contribution >= 4 is 11.9 Å². The van der Waals surface area contributed by atoms with Crippen LogP contribution in [-0.4, -0.2) is 47.4 Å². The van der Waals surface area contributed by atoms with E-state index in [1.807, 2.05) is 0 Å². The van der Waals surface area contributed by atoms with Crippen molar-refractivity contribution in [1.82, 2.24) is 5.32 Å². The van der Waals surface area contributed by atoms with Crippen molar-refractivity contribution in [2.24, 2.45) is 0 Å². The van der Waals surface area contributed by atoms with Crippen LogP contribution < -0.4 is 5.32 Å². The maximum atomic E-state index is 12.5. The van der Waals surface area contributed by atoms with Gasteiger partial charge in [0.2, 0.25) is 5.91 Å². The van der Waals surface area contributed by atoms with Gasteiger partial charge in [0.15, 0.2) is 0 Å². The number of ether oxygens (including phenoxy) is 1. The van der Waals surface area contributed by atoms with Crippen LogP contribution in [0, 0.1) is 0 Å². The highest BCUT2D eigenvalue weighted by molar-refractivity contribution is 5.76. The molecule has 0 saturated carbocycles. The summed E-state index contributed by atoms with van der Waals surface area (Å²) < 4.78 is 5.50. The molecular weight excluding hydrogens is 971 g/mol.